The first kappa shape index (κ1) is 16.5. The summed E-state index contributed by atoms with van der Waals surface area (Å²) in [6, 6.07) is 5.40. The van der Waals surface area contributed by atoms with E-state index >= 15 is 0 Å². The molecule has 1 fully saturated rings. The van der Waals surface area contributed by atoms with Gasteiger partial charge in [0, 0.05) is 18.7 Å². The lowest BCUT2D eigenvalue weighted by molar-refractivity contribution is 0.0861. The molecule has 0 saturated heterocycles. The van der Waals surface area contributed by atoms with Crippen molar-refractivity contribution in [2.75, 3.05) is 40.5 Å². The molecule has 0 heterocycles. The van der Waals surface area contributed by atoms with Crippen molar-refractivity contribution < 1.29 is 14.3 Å². The van der Waals surface area contributed by atoms with E-state index in [4.69, 9.17) is 9.47 Å². The molecular weight excluding hydrogens is 334 g/mol. The molecule has 0 aromatic heterocycles. The average molecular weight is 356 g/mol. The summed E-state index contributed by atoms with van der Waals surface area (Å²) in [5.41, 5.74) is 0.688. The molecule has 0 radical (unpaired) electrons. The molecule has 1 saturated carbocycles. The predicted molar refractivity (Wildman–Crippen MR) is 86.1 cm³/mol. The Labute approximate surface area is 134 Å². The number of hydrogen-bond acceptors (Lipinski definition) is 4. The van der Waals surface area contributed by atoms with E-state index in [0.29, 0.717) is 18.7 Å². The summed E-state index contributed by atoms with van der Waals surface area (Å²) in [5, 5.41) is 0. The van der Waals surface area contributed by atoms with Gasteiger partial charge in [0.2, 0.25) is 0 Å². The summed E-state index contributed by atoms with van der Waals surface area (Å²) in [4.78, 5) is 14.2. The van der Waals surface area contributed by atoms with Crippen molar-refractivity contribution in [2.45, 2.75) is 12.8 Å². The predicted octanol–water partition coefficient (Wildman–Crippen LogP) is 3.00. The van der Waals surface area contributed by atoms with Gasteiger partial charge in [-0.15, -0.1) is 0 Å². The Morgan fingerprint density at radius 3 is 2.81 bits per heavy atom. The second-order valence-electron chi connectivity index (χ2n) is 5.53. The number of carbonyl (C=O) groups excluding carboxylic acids is 1. The van der Waals surface area contributed by atoms with Gasteiger partial charge in [-0.05, 0) is 59.9 Å². The minimum Gasteiger partial charge on any atom is -0.496 e. The van der Waals surface area contributed by atoms with Crippen LogP contribution in [-0.4, -0.2) is 51.1 Å². The Bertz CT molecular complexity index is 488. The molecule has 5 heteroatoms. The van der Waals surface area contributed by atoms with Gasteiger partial charge in [-0.3, -0.25) is 9.69 Å². The van der Waals surface area contributed by atoms with Crippen LogP contribution in [0.15, 0.2) is 22.7 Å². The molecular formula is C16H22BrNO3. The van der Waals surface area contributed by atoms with Crippen LogP contribution in [0.25, 0.3) is 0 Å². The Morgan fingerprint density at radius 2 is 2.19 bits per heavy atom. The number of ketones is 1. The normalized spacial score (nSPS) is 14.5. The highest BCUT2D eigenvalue weighted by atomic mass is 79.9. The highest BCUT2D eigenvalue weighted by molar-refractivity contribution is 9.10. The first-order valence-corrected chi connectivity index (χ1v) is 8.02. The minimum absolute atomic E-state index is 0.100. The van der Waals surface area contributed by atoms with Crippen molar-refractivity contribution in [3.8, 4) is 5.75 Å². The highest BCUT2D eigenvalue weighted by Gasteiger charge is 2.21. The van der Waals surface area contributed by atoms with Crippen LogP contribution >= 0.6 is 15.9 Å². The molecule has 0 spiro atoms. The molecule has 1 aromatic rings. The number of methoxy groups -OCH3 is 1. The van der Waals surface area contributed by atoms with Gasteiger partial charge in [-0.25, -0.2) is 0 Å². The van der Waals surface area contributed by atoms with Crippen LogP contribution in [0.1, 0.15) is 23.2 Å². The van der Waals surface area contributed by atoms with Crippen LogP contribution < -0.4 is 4.74 Å². The third kappa shape index (κ3) is 5.41. The molecule has 0 bridgehead atoms. The molecule has 1 aromatic carbocycles. The zero-order valence-electron chi connectivity index (χ0n) is 12.6. The second-order valence-corrected chi connectivity index (χ2v) is 6.38. The number of halogens is 1. The standard InChI is InChI=1S/C16H22BrNO3/c1-18(7-8-21-11-12-3-4-12)10-15(19)13-5-6-16(20-2)14(17)9-13/h5-6,9,12H,3-4,7-8,10-11H2,1-2H3. The number of Topliss-reactive ketones (excluding diaryl/α,β-unsaturated/α-hetero) is 1. The monoisotopic (exact) mass is 355 g/mol. The molecule has 116 valence electrons. The molecule has 1 aliphatic rings. The summed E-state index contributed by atoms with van der Waals surface area (Å²) >= 11 is 3.40. The van der Waals surface area contributed by atoms with Crippen molar-refractivity contribution >= 4 is 21.7 Å². The summed E-state index contributed by atoms with van der Waals surface area (Å²) in [6.07, 6.45) is 2.61. The third-order valence-corrected chi connectivity index (χ3v) is 4.17. The Hall–Kier alpha value is -0.910. The van der Waals surface area contributed by atoms with Gasteiger partial charge in [-0.2, -0.15) is 0 Å². The van der Waals surface area contributed by atoms with Crippen LogP contribution in [0.3, 0.4) is 0 Å². The molecule has 4 nitrogen and oxygen atoms in total. The van der Waals surface area contributed by atoms with Crippen LogP contribution in [0.4, 0.5) is 0 Å². The third-order valence-electron chi connectivity index (χ3n) is 3.56. The van der Waals surface area contributed by atoms with E-state index in [-0.39, 0.29) is 5.78 Å². The van der Waals surface area contributed by atoms with Gasteiger partial charge in [0.25, 0.3) is 0 Å². The van der Waals surface area contributed by atoms with Gasteiger partial charge >= 0.3 is 0 Å². The summed E-state index contributed by atoms with van der Waals surface area (Å²) in [7, 11) is 3.55. The number of benzene rings is 1. The van der Waals surface area contributed by atoms with Crippen LogP contribution in [0.5, 0.6) is 5.75 Å². The number of nitrogens with zero attached hydrogens (tertiary/aromatic N) is 1. The molecule has 2 rings (SSSR count). The van der Waals surface area contributed by atoms with E-state index in [0.717, 1.165) is 29.3 Å². The number of hydrogen-bond donors (Lipinski definition) is 0. The van der Waals surface area contributed by atoms with Crippen LogP contribution in [0, 0.1) is 5.92 Å². The molecule has 0 amide bonds. The first-order chi connectivity index (χ1) is 10.1. The number of carbonyl (C=O) groups is 1. The topological polar surface area (TPSA) is 38.8 Å². The van der Waals surface area contributed by atoms with Crippen LogP contribution in [-0.2, 0) is 4.74 Å². The summed E-state index contributed by atoms with van der Waals surface area (Å²) in [5.74, 6) is 1.62. The Morgan fingerprint density at radius 1 is 1.43 bits per heavy atom. The summed E-state index contributed by atoms with van der Waals surface area (Å²) < 4.78 is 11.6. The molecule has 1 aliphatic carbocycles. The van der Waals surface area contributed by atoms with Crippen molar-refractivity contribution in [1.82, 2.24) is 4.90 Å². The smallest absolute Gasteiger partial charge is 0.176 e. The van der Waals surface area contributed by atoms with E-state index in [2.05, 4.69) is 15.9 Å². The van der Waals surface area contributed by atoms with Crippen LogP contribution in [0.2, 0.25) is 0 Å². The first-order valence-electron chi connectivity index (χ1n) is 7.23. The van der Waals surface area contributed by atoms with Gasteiger partial charge in [0.15, 0.2) is 5.78 Å². The maximum atomic E-state index is 12.2. The molecule has 0 unspecified atom stereocenters. The zero-order valence-corrected chi connectivity index (χ0v) is 14.2. The number of rotatable bonds is 9. The quantitative estimate of drug-likeness (QED) is 0.504. The molecule has 0 aliphatic heterocycles. The van der Waals surface area contributed by atoms with Gasteiger partial charge in [-0.1, -0.05) is 0 Å². The average Bonchev–Trinajstić information content (AvgIpc) is 3.27. The Balaban J connectivity index is 1.75. The molecule has 21 heavy (non-hydrogen) atoms. The van der Waals surface area contributed by atoms with E-state index in [1.807, 2.05) is 11.9 Å². The van der Waals surface area contributed by atoms with Gasteiger partial charge < -0.3 is 9.47 Å². The fourth-order valence-electron chi connectivity index (χ4n) is 2.01. The maximum Gasteiger partial charge on any atom is 0.176 e. The maximum absolute atomic E-state index is 12.2. The van der Waals surface area contributed by atoms with E-state index in [1.54, 1.807) is 25.3 Å². The lowest BCUT2D eigenvalue weighted by Crippen LogP contribution is -2.29. The lowest BCUT2D eigenvalue weighted by Gasteiger charge is -2.16. The van der Waals surface area contributed by atoms with Gasteiger partial charge in [0.1, 0.15) is 5.75 Å². The fourth-order valence-corrected chi connectivity index (χ4v) is 2.55. The number of likely N-dealkylation sites (N-methyl/N-ethyl adjacent to an activating group) is 1. The van der Waals surface area contributed by atoms with Crippen molar-refractivity contribution in [3.63, 3.8) is 0 Å². The molecule has 0 N–H and O–H groups in total. The van der Waals surface area contributed by atoms with E-state index in [9.17, 15) is 4.79 Å². The SMILES string of the molecule is COc1ccc(C(=O)CN(C)CCOCC2CC2)cc1Br. The van der Waals surface area contributed by atoms with Crippen molar-refractivity contribution in [3.05, 3.63) is 28.2 Å². The van der Waals surface area contributed by atoms with Crippen molar-refractivity contribution in [1.29, 1.82) is 0 Å². The van der Waals surface area contributed by atoms with Crippen molar-refractivity contribution in [2.24, 2.45) is 5.92 Å². The lowest BCUT2D eigenvalue weighted by atomic mass is 10.1. The zero-order chi connectivity index (χ0) is 15.2. The molecule has 0 atom stereocenters. The summed E-state index contributed by atoms with van der Waals surface area (Å²) in [6.45, 7) is 2.72. The van der Waals surface area contributed by atoms with Gasteiger partial charge in [0.05, 0.1) is 24.7 Å². The minimum atomic E-state index is 0.100. The second kappa shape index (κ2) is 7.92. The number of ether oxygens (including phenoxy) is 2. The van der Waals surface area contributed by atoms with E-state index in [1.165, 1.54) is 12.8 Å². The highest BCUT2D eigenvalue weighted by Crippen LogP contribution is 2.28. The fraction of sp³-hybridized carbons (Fsp3) is 0.562. The Kier molecular flexibility index (Phi) is 6.21. The van der Waals surface area contributed by atoms with E-state index < -0.39 is 0 Å². The largest absolute Gasteiger partial charge is 0.496 e.